The lowest BCUT2D eigenvalue weighted by Crippen LogP contribution is -2.02. The molecule has 0 aliphatic rings. The number of hydrogen-bond acceptors (Lipinski definition) is 2. The molecule has 17 heavy (non-hydrogen) atoms. The summed E-state index contributed by atoms with van der Waals surface area (Å²) in [6.45, 7) is 4.72. The average Bonchev–Trinajstić information content (AvgIpc) is 2.38. The van der Waals surface area contributed by atoms with Crippen molar-refractivity contribution in [1.29, 1.82) is 0 Å². The molecular formula is C15H17NO. The third-order valence-corrected chi connectivity index (χ3v) is 2.84. The maximum atomic E-state index is 5.83. The number of pyridine rings is 1. The van der Waals surface area contributed by atoms with Crippen molar-refractivity contribution in [3.05, 3.63) is 59.4 Å². The minimum atomic E-state index is 0.531. The van der Waals surface area contributed by atoms with E-state index in [0.717, 1.165) is 17.9 Å². The molecule has 2 heteroatoms. The Morgan fingerprint density at radius 2 is 1.94 bits per heavy atom. The molecule has 1 aromatic heterocycles. The molecule has 2 rings (SSSR count). The van der Waals surface area contributed by atoms with Gasteiger partial charge in [-0.05, 0) is 36.6 Å². The zero-order valence-corrected chi connectivity index (χ0v) is 10.3. The number of rotatable bonds is 4. The Kier molecular flexibility index (Phi) is 3.76. The molecule has 0 saturated heterocycles. The van der Waals surface area contributed by atoms with Crippen LogP contribution < -0.4 is 4.74 Å². The third-order valence-electron chi connectivity index (χ3n) is 2.84. The van der Waals surface area contributed by atoms with E-state index in [4.69, 9.17) is 4.74 Å². The van der Waals surface area contributed by atoms with Gasteiger partial charge in [-0.2, -0.15) is 0 Å². The SMILES string of the molecule is CCc1ccccc1OCc1ncccc1C. The molecule has 0 amide bonds. The second kappa shape index (κ2) is 5.48. The van der Waals surface area contributed by atoms with Crippen LogP contribution in [0.4, 0.5) is 0 Å². The van der Waals surface area contributed by atoms with Crippen LogP contribution >= 0.6 is 0 Å². The van der Waals surface area contributed by atoms with Gasteiger partial charge >= 0.3 is 0 Å². The highest BCUT2D eigenvalue weighted by Gasteiger charge is 2.03. The van der Waals surface area contributed by atoms with Crippen molar-refractivity contribution in [3.63, 3.8) is 0 Å². The molecule has 0 spiro atoms. The number of aryl methyl sites for hydroxylation is 2. The summed E-state index contributed by atoms with van der Waals surface area (Å²) in [6.07, 6.45) is 2.79. The first-order valence-corrected chi connectivity index (χ1v) is 5.92. The van der Waals surface area contributed by atoms with Gasteiger partial charge in [-0.3, -0.25) is 4.98 Å². The number of hydrogen-bond donors (Lipinski definition) is 0. The molecule has 2 aromatic rings. The predicted molar refractivity (Wildman–Crippen MR) is 69.1 cm³/mol. The first-order chi connectivity index (χ1) is 8.31. The van der Waals surface area contributed by atoms with Crippen LogP contribution in [0.25, 0.3) is 0 Å². The fourth-order valence-corrected chi connectivity index (χ4v) is 1.75. The van der Waals surface area contributed by atoms with E-state index >= 15 is 0 Å². The van der Waals surface area contributed by atoms with E-state index in [1.807, 2.05) is 24.3 Å². The van der Waals surface area contributed by atoms with Gasteiger partial charge in [0, 0.05) is 6.20 Å². The summed E-state index contributed by atoms with van der Waals surface area (Å²) in [5.74, 6) is 0.958. The van der Waals surface area contributed by atoms with Crippen molar-refractivity contribution >= 4 is 0 Å². The van der Waals surface area contributed by atoms with Gasteiger partial charge in [-0.1, -0.05) is 31.2 Å². The molecule has 0 bridgehead atoms. The second-order valence-corrected chi connectivity index (χ2v) is 4.02. The van der Waals surface area contributed by atoms with Gasteiger partial charge < -0.3 is 4.74 Å². The Morgan fingerprint density at radius 3 is 2.71 bits per heavy atom. The van der Waals surface area contributed by atoms with E-state index in [2.05, 4.69) is 31.0 Å². The lowest BCUT2D eigenvalue weighted by atomic mass is 10.1. The first-order valence-electron chi connectivity index (χ1n) is 5.92. The summed E-state index contributed by atoms with van der Waals surface area (Å²) in [5, 5.41) is 0. The maximum absolute atomic E-state index is 5.83. The van der Waals surface area contributed by atoms with Crippen LogP contribution in [0.1, 0.15) is 23.7 Å². The topological polar surface area (TPSA) is 22.1 Å². The number of ether oxygens (including phenoxy) is 1. The average molecular weight is 227 g/mol. The summed E-state index contributed by atoms with van der Waals surface area (Å²) < 4.78 is 5.83. The van der Waals surface area contributed by atoms with Crippen molar-refractivity contribution in [2.75, 3.05) is 0 Å². The van der Waals surface area contributed by atoms with Crippen LogP contribution in [-0.2, 0) is 13.0 Å². The molecule has 2 nitrogen and oxygen atoms in total. The van der Waals surface area contributed by atoms with Crippen molar-refractivity contribution in [1.82, 2.24) is 4.98 Å². The van der Waals surface area contributed by atoms with Crippen LogP contribution in [0.15, 0.2) is 42.6 Å². The Balaban J connectivity index is 2.10. The molecule has 0 atom stereocenters. The van der Waals surface area contributed by atoms with Gasteiger partial charge in [-0.15, -0.1) is 0 Å². The maximum Gasteiger partial charge on any atom is 0.130 e. The fourth-order valence-electron chi connectivity index (χ4n) is 1.75. The molecule has 1 aromatic carbocycles. The number of benzene rings is 1. The van der Waals surface area contributed by atoms with Gasteiger partial charge in [0.1, 0.15) is 12.4 Å². The van der Waals surface area contributed by atoms with Crippen LogP contribution in [0.2, 0.25) is 0 Å². The molecule has 0 unspecified atom stereocenters. The van der Waals surface area contributed by atoms with Gasteiger partial charge in [0.15, 0.2) is 0 Å². The Hall–Kier alpha value is -1.83. The quantitative estimate of drug-likeness (QED) is 0.797. The second-order valence-electron chi connectivity index (χ2n) is 4.02. The summed E-state index contributed by atoms with van der Waals surface area (Å²) >= 11 is 0. The first kappa shape index (κ1) is 11.6. The van der Waals surface area contributed by atoms with E-state index in [0.29, 0.717) is 6.61 Å². The molecule has 88 valence electrons. The summed E-state index contributed by atoms with van der Waals surface area (Å²) in [5.41, 5.74) is 3.40. The Labute approximate surface area is 102 Å². The van der Waals surface area contributed by atoms with Crippen molar-refractivity contribution in [2.45, 2.75) is 26.9 Å². The smallest absolute Gasteiger partial charge is 0.130 e. The number of nitrogens with zero attached hydrogens (tertiary/aromatic N) is 1. The van der Waals surface area contributed by atoms with Gasteiger partial charge in [-0.25, -0.2) is 0 Å². The van der Waals surface area contributed by atoms with E-state index in [-0.39, 0.29) is 0 Å². The van der Waals surface area contributed by atoms with Gasteiger partial charge in [0.2, 0.25) is 0 Å². The van der Waals surface area contributed by atoms with Crippen molar-refractivity contribution in [2.24, 2.45) is 0 Å². The van der Waals surface area contributed by atoms with Crippen molar-refractivity contribution in [3.8, 4) is 5.75 Å². The largest absolute Gasteiger partial charge is 0.487 e. The minimum absolute atomic E-state index is 0.531. The zero-order valence-electron chi connectivity index (χ0n) is 10.3. The van der Waals surface area contributed by atoms with Crippen molar-refractivity contribution < 1.29 is 4.74 Å². The highest BCUT2D eigenvalue weighted by molar-refractivity contribution is 5.33. The molecule has 0 aliphatic heterocycles. The lowest BCUT2D eigenvalue weighted by molar-refractivity contribution is 0.297. The number of aromatic nitrogens is 1. The zero-order chi connectivity index (χ0) is 12.1. The normalized spacial score (nSPS) is 10.2. The Morgan fingerprint density at radius 1 is 1.12 bits per heavy atom. The van der Waals surface area contributed by atoms with Crippen LogP contribution in [-0.4, -0.2) is 4.98 Å². The monoisotopic (exact) mass is 227 g/mol. The van der Waals surface area contributed by atoms with Gasteiger partial charge in [0.25, 0.3) is 0 Å². The molecular weight excluding hydrogens is 210 g/mol. The van der Waals surface area contributed by atoms with Gasteiger partial charge in [0.05, 0.1) is 5.69 Å². The van der Waals surface area contributed by atoms with E-state index in [1.54, 1.807) is 6.20 Å². The van der Waals surface area contributed by atoms with Crippen LogP contribution in [0, 0.1) is 6.92 Å². The fraction of sp³-hybridized carbons (Fsp3) is 0.267. The summed E-state index contributed by atoms with van der Waals surface area (Å²) in [7, 11) is 0. The highest BCUT2D eigenvalue weighted by atomic mass is 16.5. The molecule has 0 fully saturated rings. The molecule has 0 radical (unpaired) electrons. The van der Waals surface area contributed by atoms with E-state index < -0.39 is 0 Å². The third kappa shape index (κ3) is 2.84. The predicted octanol–water partition coefficient (Wildman–Crippen LogP) is 3.53. The standard InChI is InChI=1S/C15H17NO/c1-3-13-8-4-5-9-15(13)17-11-14-12(2)7-6-10-16-14/h4-10H,3,11H2,1-2H3. The molecule has 0 N–H and O–H groups in total. The van der Waals surface area contributed by atoms with E-state index in [9.17, 15) is 0 Å². The minimum Gasteiger partial charge on any atom is -0.487 e. The highest BCUT2D eigenvalue weighted by Crippen LogP contribution is 2.19. The molecule has 0 saturated carbocycles. The Bertz CT molecular complexity index is 494. The van der Waals surface area contributed by atoms with Crippen LogP contribution in [0.3, 0.4) is 0 Å². The molecule has 0 aliphatic carbocycles. The summed E-state index contributed by atoms with van der Waals surface area (Å²) in [4.78, 5) is 4.32. The van der Waals surface area contributed by atoms with E-state index in [1.165, 1.54) is 11.1 Å². The molecule has 1 heterocycles. The number of para-hydroxylation sites is 1. The van der Waals surface area contributed by atoms with Crippen LogP contribution in [0.5, 0.6) is 5.75 Å². The summed E-state index contributed by atoms with van der Waals surface area (Å²) in [6, 6.07) is 12.1. The lowest BCUT2D eigenvalue weighted by Gasteiger charge is -2.10.